The lowest BCUT2D eigenvalue weighted by Crippen LogP contribution is -2.52. The Balaban J connectivity index is 0.000000615. The summed E-state index contributed by atoms with van der Waals surface area (Å²) in [5.74, 6) is -0.750. The van der Waals surface area contributed by atoms with Crippen LogP contribution in [0.3, 0.4) is 0 Å². The summed E-state index contributed by atoms with van der Waals surface area (Å²) in [6.45, 7) is 12.4. The van der Waals surface area contributed by atoms with Crippen LogP contribution in [-0.2, 0) is 16.1 Å². The molecule has 23 heavy (non-hydrogen) atoms. The zero-order valence-corrected chi connectivity index (χ0v) is 14.0. The first-order valence-corrected chi connectivity index (χ1v) is 7.80. The Bertz CT molecular complexity index is 610. The average Bonchev–Trinajstić information content (AvgIpc) is 2.87. The number of fused-ring (bicyclic) bond motifs is 1. The van der Waals surface area contributed by atoms with E-state index >= 15 is 0 Å². The molecular weight excluding hydrogens is 292 g/mol. The summed E-state index contributed by atoms with van der Waals surface area (Å²) in [5, 5.41) is 2.29. The molecule has 3 amide bonds. The molecule has 0 bridgehead atoms. The number of imide groups is 1. The van der Waals surface area contributed by atoms with Gasteiger partial charge in [0.15, 0.2) is 0 Å². The van der Waals surface area contributed by atoms with Gasteiger partial charge in [0.2, 0.25) is 11.8 Å². The molecule has 1 aromatic carbocycles. The van der Waals surface area contributed by atoms with Crippen LogP contribution in [0.15, 0.2) is 31.4 Å². The second kappa shape index (κ2) is 8.27. The van der Waals surface area contributed by atoms with E-state index < -0.39 is 6.04 Å². The molecule has 5 nitrogen and oxygen atoms in total. The molecule has 2 aliphatic heterocycles. The van der Waals surface area contributed by atoms with E-state index in [1.54, 1.807) is 11.0 Å². The molecule has 3 rings (SSSR count). The van der Waals surface area contributed by atoms with E-state index in [0.29, 0.717) is 18.5 Å². The van der Waals surface area contributed by atoms with Crippen LogP contribution in [-0.4, -0.2) is 28.7 Å². The fourth-order valence-corrected chi connectivity index (χ4v) is 2.70. The normalized spacial score (nSPS) is 19.0. The minimum absolute atomic E-state index is 0.121. The average molecular weight is 316 g/mol. The van der Waals surface area contributed by atoms with Gasteiger partial charge in [-0.15, -0.1) is 13.2 Å². The minimum atomic E-state index is -0.530. The summed E-state index contributed by atoms with van der Waals surface area (Å²) in [6.07, 6.45) is 0.693. The van der Waals surface area contributed by atoms with E-state index in [9.17, 15) is 14.4 Å². The van der Waals surface area contributed by atoms with Gasteiger partial charge in [-0.05, 0) is 25.0 Å². The maximum atomic E-state index is 12.3. The first-order valence-electron chi connectivity index (χ1n) is 7.80. The number of amides is 3. The van der Waals surface area contributed by atoms with Crippen molar-refractivity contribution in [2.75, 3.05) is 0 Å². The zero-order valence-electron chi connectivity index (χ0n) is 14.0. The van der Waals surface area contributed by atoms with E-state index in [2.05, 4.69) is 18.5 Å². The van der Waals surface area contributed by atoms with Crippen molar-refractivity contribution in [3.05, 3.63) is 48.0 Å². The Labute approximate surface area is 137 Å². The van der Waals surface area contributed by atoms with E-state index in [-0.39, 0.29) is 24.1 Å². The first-order chi connectivity index (χ1) is 11.1. The van der Waals surface area contributed by atoms with Crippen molar-refractivity contribution < 1.29 is 14.4 Å². The highest BCUT2D eigenvalue weighted by Gasteiger charge is 2.38. The number of nitrogens with zero attached hydrogens (tertiary/aromatic N) is 1. The summed E-state index contributed by atoms with van der Waals surface area (Å²) in [4.78, 5) is 36.8. The summed E-state index contributed by atoms with van der Waals surface area (Å²) >= 11 is 0. The molecule has 0 saturated carbocycles. The van der Waals surface area contributed by atoms with Crippen molar-refractivity contribution >= 4 is 17.7 Å². The summed E-state index contributed by atoms with van der Waals surface area (Å²) in [5.41, 5.74) is 2.71. The van der Waals surface area contributed by atoms with Crippen LogP contribution >= 0.6 is 0 Å². The number of nitrogens with one attached hydrogen (secondary N) is 1. The number of carbonyl (C=O) groups excluding carboxylic acids is 3. The fraction of sp³-hybridized carbons (Fsp3) is 0.389. The molecule has 124 valence electrons. The van der Waals surface area contributed by atoms with E-state index in [1.165, 1.54) is 0 Å². The van der Waals surface area contributed by atoms with E-state index in [4.69, 9.17) is 0 Å². The van der Waals surface area contributed by atoms with Crippen molar-refractivity contribution in [3.8, 4) is 0 Å². The maximum absolute atomic E-state index is 12.3. The van der Waals surface area contributed by atoms with Crippen LogP contribution < -0.4 is 5.32 Å². The molecule has 1 unspecified atom stereocenters. The van der Waals surface area contributed by atoms with Crippen molar-refractivity contribution in [3.63, 3.8) is 0 Å². The van der Waals surface area contributed by atoms with Gasteiger partial charge in [0.05, 0.1) is 0 Å². The van der Waals surface area contributed by atoms with Gasteiger partial charge in [0.1, 0.15) is 6.04 Å². The van der Waals surface area contributed by atoms with Crippen LogP contribution in [0, 0.1) is 6.92 Å². The van der Waals surface area contributed by atoms with Crippen molar-refractivity contribution in [1.29, 1.82) is 0 Å². The van der Waals surface area contributed by atoms with Gasteiger partial charge in [-0.2, -0.15) is 0 Å². The van der Waals surface area contributed by atoms with Gasteiger partial charge < -0.3 is 4.90 Å². The van der Waals surface area contributed by atoms with Gasteiger partial charge in [0.25, 0.3) is 5.91 Å². The molecule has 2 aliphatic rings. The smallest absolute Gasteiger partial charge is 0.255 e. The minimum Gasteiger partial charge on any atom is -0.322 e. The lowest BCUT2D eigenvalue weighted by atomic mass is 10.0. The Hall–Kier alpha value is -2.43. The maximum Gasteiger partial charge on any atom is 0.255 e. The van der Waals surface area contributed by atoms with Gasteiger partial charge in [-0.25, -0.2) is 0 Å². The lowest BCUT2D eigenvalue weighted by Gasteiger charge is -2.29. The van der Waals surface area contributed by atoms with Gasteiger partial charge in [-0.3, -0.25) is 19.7 Å². The van der Waals surface area contributed by atoms with Crippen molar-refractivity contribution in [1.82, 2.24) is 10.2 Å². The molecule has 2 heterocycles. The Morgan fingerprint density at radius 2 is 1.83 bits per heavy atom. The van der Waals surface area contributed by atoms with Crippen molar-refractivity contribution in [2.45, 2.75) is 46.2 Å². The monoisotopic (exact) mass is 316 g/mol. The van der Waals surface area contributed by atoms with Crippen LogP contribution in [0.2, 0.25) is 0 Å². The number of hydrogen-bond donors (Lipinski definition) is 1. The molecule has 1 saturated heterocycles. The number of aryl methyl sites for hydroxylation is 1. The molecular formula is C18H24N2O3. The van der Waals surface area contributed by atoms with E-state index in [1.807, 2.05) is 32.9 Å². The predicted molar refractivity (Wildman–Crippen MR) is 89.8 cm³/mol. The highest BCUT2D eigenvalue weighted by Crippen LogP contribution is 2.27. The van der Waals surface area contributed by atoms with Crippen LogP contribution in [0.25, 0.3) is 0 Å². The number of benzene rings is 1. The highest BCUT2D eigenvalue weighted by atomic mass is 16.2. The van der Waals surface area contributed by atoms with Crippen molar-refractivity contribution in [2.24, 2.45) is 0 Å². The lowest BCUT2D eigenvalue weighted by molar-refractivity contribution is -0.136. The topological polar surface area (TPSA) is 66.5 Å². The van der Waals surface area contributed by atoms with Crippen LogP contribution in [0.1, 0.15) is 48.2 Å². The largest absolute Gasteiger partial charge is 0.322 e. The fourth-order valence-electron chi connectivity index (χ4n) is 2.70. The number of rotatable bonds is 1. The molecule has 0 radical (unpaired) electrons. The third-order valence-corrected chi connectivity index (χ3v) is 3.68. The van der Waals surface area contributed by atoms with Gasteiger partial charge >= 0.3 is 0 Å². The van der Waals surface area contributed by atoms with Gasteiger partial charge in [-0.1, -0.05) is 31.5 Å². The SMILES string of the molecule is C=C.CC.Cc1ccc2c(c1)CN(C1CCC(=O)NC1=O)C2=O. The summed E-state index contributed by atoms with van der Waals surface area (Å²) < 4.78 is 0. The quantitative estimate of drug-likeness (QED) is 0.639. The molecule has 5 heteroatoms. The Morgan fingerprint density at radius 1 is 1.17 bits per heavy atom. The van der Waals surface area contributed by atoms with Gasteiger partial charge in [0, 0.05) is 18.5 Å². The Morgan fingerprint density at radius 3 is 2.43 bits per heavy atom. The second-order valence-electron chi connectivity index (χ2n) is 5.06. The molecule has 1 fully saturated rings. The zero-order chi connectivity index (χ0) is 17.6. The van der Waals surface area contributed by atoms with Crippen LogP contribution in [0.4, 0.5) is 0 Å². The molecule has 0 aromatic heterocycles. The third kappa shape index (κ3) is 3.86. The predicted octanol–water partition coefficient (Wildman–Crippen LogP) is 2.58. The molecule has 0 spiro atoms. The molecule has 1 aromatic rings. The molecule has 1 N–H and O–H groups in total. The standard InChI is InChI=1S/C14H14N2O3.C2H6.C2H4/c1-8-2-3-10-9(6-8)7-16(14(10)19)11-4-5-12(17)15-13(11)18;2*1-2/h2-3,6,11H,4-5,7H2,1H3,(H,15,17,18);1-2H3;1-2H2. The second-order valence-corrected chi connectivity index (χ2v) is 5.06. The summed E-state index contributed by atoms with van der Waals surface area (Å²) in [7, 11) is 0. The first kappa shape index (κ1) is 18.6. The Kier molecular flexibility index (Phi) is 6.69. The number of hydrogen-bond acceptors (Lipinski definition) is 3. The third-order valence-electron chi connectivity index (χ3n) is 3.68. The number of piperidine rings is 1. The van der Waals surface area contributed by atoms with Crippen LogP contribution in [0.5, 0.6) is 0 Å². The molecule has 0 aliphatic carbocycles. The highest BCUT2D eigenvalue weighted by molar-refractivity contribution is 6.05. The molecule has 1 atom stereocenters. The summed E-state index contributed by atoms with van der Waals surface area (Å²) in [6, 6.07) is 5.14. The number of carbonyl (C=O) groups is 3. The van der Waals surface area contributed by atoms with E-state index in [0.717, 1.165) is 11.1 Å².